The highest BCUT2D eigenvalue weighted by Gasteiger charge is 2.44. The zero-order chi connectivity index (χ0) is 22.2. The topological polar surface area (TPSA) is 55.4 Å². The predicted octanol–water partition coefficient (Wildman–Crippen LogP) is 1.13. The third-order valence-electron chi connectivity index (χ3n) is 5.68. The van der Waals surface area contributed by atoms with Gasteiger partial charge >= 0.3 is 5.97 Å². The first-order chi connectivity index (χ1) is 15.7. The zero-order valence-electron chi connectivity index (χ0n) is 18.2. The van der Waals surface area contributed by atoms with Crippen LogP contribution in [-0.4, -0.2) is 35.8 Å². The molecule has 0 spiro atoms. The summed E-state index contributed by atoms with van der Waals surface area (Å²) in [5, 5.41) is 6.56. The van der Waals surface area contributed by atoms with Crippen LogP contribution in [0.25, 0.3) is 0 Å². The molecule has 0 radical (unpaired) electrons. The Morgan fingerprint density at radius 3 is 1.76 bits per heavy atom. The average molecular weight is 544 g/mol. The van der Waals surface area contributed by atoms with Crippen molar-refractivity contribution >= 4 is 46.1 Å². The summed E-state index contributed by atoms with van der Waals surface area (Å²) in [5.74, 6) is 0.112. The molecule has 1 amide bonds. The van der Waals surface area contributed by atoms with Crippen LogP contribution in [0, 0.1) is 0 Å². The maximum Gasteiger partial charge on any atom is 0.329 e. The molecule has 3 aromatic carbocycles. The van der Waals surface area contributed by atoms with E-state index in [4.69, 9.17) is 4.74 Å². The van der Waals surface area contributed by atoms with Crippen molar-refractivity contribution in [2.45, 2.75) is 18.9 Å². The predicted molar refractivity (Wildman–Crippen MR) is 135 cm³/mol. The van der Waals surface area contributed by atoms with Gasteiger partial charge in [0.1, 0.15) is 29.2 Å². The van der Waals surface area contributed by atoms with Gasteiger partial charge in [0.15, 0.2) is 0 Å². The number of thioether (sulfide) groups is 1. The molecule has 4 nitrogen and oxygen atoms in total. The van der Waals surface area contributed by atoms with E-state index in [1.54, 1.807) is 0 Å². The number of hydrogen-bond donors (Lipinski definition) is 1. The van der Waals surface area contributed by atoms with Crippen molar-refractivity contribution in [1.29, 1.82) is 0 Å². The van der Waals surface area contributed by atoms with Crippen LogP contribution in [0.4, 0.5) is 4.79 Å². The van der Waals surface area contributed by atoms with Crippen LogP contribution in [0.3, 0.4) is 0 Å². The molecule has 1 fully saturated rings. The molecule has 1 saturated heterocycles. The molecule has 1 atom stereocenters. The molecule has 1 N–H and O–H groups in total. The third-order valence-corrected chi connectivity index (χ3v) is 11.1. The van der Waals surface area contributed by atoms with Gasteiger partial charge < -0.3 is 27.0 Å². The maximum atomic E-state index is 12.2. The molecule has 1 aliphatic rings. The van der Waals surface area contributed by atoms with Crippen LogP contribution in [0.2, 0.25) is 0 Å². The highest BCUT2D eigenvalue weighted by Crippen LogP contribution is 2.55. The van der Waals surface area contributed by atoms with Crippen LogP contribution in [0.15, 0.2) is 91.0 Å². The van der Waals surface area contributed by atoms with Gasteiger partial charge in [-0.1, -0.05) is 66.4 Å². The minimum atomic E-state index is -1.85. The standard InChI is InChI=1S/C26H26NO3PS.BrH/c28-25(24-20-32-26(29)27-24)30-18-10-11-19-31(21-12-4-1-5-13-21,22-14-6-2-7-15-22)23-16-8-3-9-17-23;/h1-9,12-17,24H,10-11,18-20H2;1H. The molecular weight excluding hydrogens is 517 g/mol. The van der Waals surface area contributed by atoms with E-state index < -0.39 is 13.3 Å². The Bertz CT molecular complexity index is 941. The highest BCUT2D eigenvalue weighted by atomic mass is 79.9. The van der Waals surface area contributed by atoms with Crippen molar-refractivity contribution in [2.24, 2.45) is 0 Å². The monoisotopic (exact) mass is 543 g/mol. The number of nitrogens with one attached hydrogen (secondary N) is 1. The summed E-state index contributed by atoms with van der Waals surface area (Å²) in [5.41, 5.74) is 0. The van der Waals surface area contributed by atoms with E-state index in [0.29, 0.717) is 12.4 Å². The van der Waals surface area contributed by atoms with Crippen LogP contribution < -0.4 is 38.2 Å². The first kappa shape index (κ1) is 25.5. The maximum absolute atomic E-state index is 12.2. The van der Waals surface area contributed by atoms with E-state index in [9.17, 15) is 9.59 Å². The first-order valence-electron chi connectivity index (χ1n) is 10.8. The molecule has 33 heavy (non-hydrogen) atoms. The molecule has 4 rings (SSSR count). The second-order valence-electron chi connectivity index (χ2n) is 7.71. The van der Waals surface area contributed by atoms with Gasteiger partial charge in [0, 0.05) is 5.75 Å². The molecule has 3 aromatic rings. The number of carbonyl (C=O) groups excluding carboxylic acids is 2. The Kier molecular flexibility index (Phi) is 9.54. The number of hydrogen-bond acceptors (Lipinski definition) is 4. The number of esters is 1. The van der Waals surface area contributed by atoms with Crippen molar-refractivity contribution in [3.05, 3.63) is 91.0 Å². The zero-order valence-corrected chi connectivity index (χ0v) is 21.5. The lowest BCUT2D eigenvalue weighted by atomic mass is 10.3. The lowest BCUT2D eigenvalue weighted by molar-refractivity contribution is -0.145. The minimum absolute atomic E-state index is 0. The Labute approximate surface area is 210 Å². The van der Waals surface area contributed by atoms with E-state index in [2.05, 4.69) is 96.3 Å². The summed E-state index contributed by atoms with van der Waals surface area (Å²) in [4.78, 5) is 23.5. The number of amides is 1. The normalized spacial score (nSPS) is 15.4. The fraction of sp³-hybridized carbons (Fsp3) is 0.231. The van der Waals surface area contributed by atoms with Gasteiger partial charge in [0.2, 0.25) is 0 Å². The number of benzene rings is 3. The summed E-state index contributed by atoms with van der Waals surface area (Å²) in [6.45, 7) is 0.369. The summed E-state index contributed by atoms with van der Waals surface area (Å²) in [6, 6.07) is 31.8. The average Bonchev–Trinajstić information content (AvgIpc) is 3.29. The number of carbonyl (C=O) groups is 2. The second-order valence-corrected chi connectivity index (χ2v) is 12.3. The van der Waals surface area contributed by atoms with E-state index >= 15 is 0 Å². The van der Waals surface area contributed by atoms with Gasteiger partial charge in [-0.25, -0.2) is 4.79 Å². The molecule has 0 saturated carbocycles. The van der Waals surface area contributed by atoms with Crippen molar-refractivity contribution in [3.63, 3.8) is 0 Å². The van der Waals surface area contributed by atoms with Gasteiger partial charge in [-0.05, 0) is 49.2 Å². The molecule has 172 valence electrons. The van der Waals surface area contributed by atoms with E-state index in [-0.39, 0.29) is 28.2 Å². The molecule has 1 heterocycles. The van der Waals surface area contributed by atoms with Crippen LogP contribution in [0.1, 0.15) is 12.8 Å². The smallest absolute Gasteiger partial charge is 0.329 e. The SMILES string of the molecule is O=C1NC(C(=O)OCCCC[P+](c2ccccc2)(c2ccccc2)c2ccccc2)CS1.[Br-]. The third kappa shape index (κ3) is 6.06. The molecule has 0 aliphatic carbocycles. The van der Waals surface area contributed by atoms with Crippen molar-refractivity contribution in [3.8, 4) is 0 Å². The van der Waals surface area contributed by atoms with Gasteiger partial charge in [-0.15, -0.1) is 0 Å². The molecule has 0 bridgehead atoms. The van der Waals surface area contributed by atoms with E-state index in [1.807, 2.05) is 0 Å². The minimum Gasteiger partial charge on any atom is -1.00 e. The number of ether oxygens (including phenoxy) is 1. The van der Waals surface area contributed by atoms with Crippen molar-refractivity contribution in [2.75, 3.05) is 18.5 Å². The van der Waals surface area contributed by atoms with Crippen molar-refractivity contribution < 1.29 is 31.3 Å². The van der Waals surface area contributed by atoms with E-state index in [0.717, 1.165) is 30.8 Å². The Morgan fingerprint density at radius 1 is 0.848 bits per heavy atom. The largest absolute Gasteiger partial charge is 1.00 e. The second kappa shape index (κ2) is 12.4. The Morgan fingerprint density at radius 2 is 1.33 bits per heavy atom. The summed E-state index contributed by atoms with van der Waals surface area (Å²) in [7, 11) is -1.85. The quantitative estimate of drug-likeness (QED) is 0.250. The van der Waals surface area contributed by atoms with Gasteiger partial charge in [0.25, 0.3) is 5.24 Å². The summed E-state index contributed by atoms with van der Waals surface area (Å²) < 4.78 is 5.45. The molecule has 7 heteroatoms. The lowest BCUT2D eigenvalue weighted by Crippen LogP contribution is -3.00. The molecule has 1 aliphatic heterocycles. The van der Waals surface area contributed by atoms with Gasteiger partial charge in [0.05, 0.1) is 12.8 Å². The first-order valence-corrected chi connectivity index (χ1v) is 13.8. The van der Waals surface area contributed by atoms with Crippen LogP contribution in [0.5, 0.6) is 0 Å². The Hall–Kier alpha value is -2.14. The van der Waals surface area contributed by atoms with Crippen molar-refractivity contribution in [1.82, 2.24) is 5.32 Å². The number of halogens is 1. The molecular formula is C26H27BrNO3PS. The molecule has 0 aromatic heterocycles. The lowest BCUT2D eigenvalue weighted by Gasteiger charge is -2.27. The fourth-order valence-corrected chi connectivity index (χ4v) is 9.29. The van der Waals surface area contributed by atoms with Gasteiger partial charge in [-0.2, -0.15) is 0 Å². The van der Waals surface area contributed by atoms with Crippen LogP contribution in [-0.2, 0) is 9.53 Å². The number of rotatable bonds is 9. The van der Waals surface area contributed by atoms with Crippen LogP contribution >= 0.6 is 19.0 Å². The highest BCUT2D eigenvalue weighted by molar-refractivity contribution is 8.14. The summed E-state index contributed by atoms with van der Waals surface area (Å²) in [6.07, 6.45) is 2.72. The van der Waals surface area contributed by atoms with Gasteiger partial charge in [-0.3, -0.25) is 4.79 Å². The van der Waals surface area contributed by atoms with E-state index in [1.165, 1.54) is 15.9 Å². The summed E-state index contributed by atoms with van der Waals surface area (Å²) >= 11 is 1.13. The number of unbranched alkanes of at least 4 members (excludes halogenated alkanes) is 1. The molecule has 1 unspecified atom stereocenters. The fourth-order valence-electron chi connectivity index (χ4n) is 4.12. The Balaban J connectivity index is 0.00000306.